The molecule has 5 heteroatoms. The molecule has 0 saturated heterocycles. The van der Waals surface area contributed by atoms with E-state index in [4.69, 9.17) is 14.6 Å². The standard InChI is InChI=1S/C58H40N4O/c1-3-4-24-40-37(2)55(56-45(40)30-19-31-47(56)58-60-59-57(38-20-7-5-8-21-38)61(58)39-22-9-6-10-23-39)46-29-12-11-25-41(46)42-26-13-16-32-50(42)62-51-33-17-14-27-43(51)48-35-49-44-28-15-18-34-53(44)63-54(49)36-52(48)62/h3-36,55H,1H2,2H3/b24-4-. The van der Waals surface area contributed by atoms with Gasteiger partial charge >= 0.3 is 0 Å². The second kappa shape index (κ2) is 14.7. The van der Waals surface area contributed by atoms with Crippen molar-refractivity contribution < 1.29 is 4.42 Å². The molecule has 0 spiro atoms. The summed E-state index contributed by atoms with van der Waals surface area (Å²) in [6.07, 6.45) is 6.10. The first-order chi connectivity index (χ1) is 31.2. The van der Waals surface area contributed by atoms with Gasteiger partial charge in [-0.3, -0.25) is 4.57 Å². The molecule has 0 amide bonds. The maximum atomic E-state index is 6.50. The van der Waals surface area contributed by atoms with Gasteiger partial charge in [0.25, 0.3) is 0 Å². The minimum absolute atomic E-state index is 0.0978. The summed E-state index contributed by atoms with van der Waals surface area (Å²) in [5.41, 5.74) is 16.5. The third kappa shape index (κ3) is 5.70. The Kier molecular flexibility index (Phi) is 8.54. The molecule has 0 aliphatic heterocycles. The first kappa shape index (κ1) is 36.6. The second-order valence-electron chi connectivity index (χ2n) is 16.2. The minimum Gasteiger partial charge on any atom is -0.456 e. The highest BCUT2D eigenvalue weighted by molar-refractivity contribution is 6.17. The molecule has 0 radical (unpaired) electrons. The smallest absolute Gasteiger partial charge is 0.169 e. The highest BCUT2D eigenvalue weighted by Gasteiger charge is 2.35. The molecule has 1 aliphatic carbocycles. The van der Waals surface area contributed by atoms with Crippen LogP contribution in [0.5, 0.6) is 0 Å². The Morgan fingerprint density at radius 3 is 2.03 bits per heavy atom. The molecule has 0 fully saturated rings. The van der Waals surface area contributed by atoms with E-state index in [1.807, 2.05) is 48.6 Å². The molecule has 8 aromatic carbocycles. The molecule has 5 nitrogen and oxygen atoms in total. The normalized spacial score (nSPS) is 13.9. The van der Waals surface area contributed by atoms with Crippen molar-refractivity contribution >= 4 is 49.3 Å². The topological polar surface area (TPSA) is 48.8 Å². The van der Waals surface area contributed by atoms with Crippen LogP contribution in [0.1, 0.15) is 29.5 Å². The zero-order chi connectivity index (χ0) is 42.0. The number of allylic oxidation sites excluding steroid dienone is 5. The Bertz CT molecular complexity index is 3660. The Morgan fingerprint density at radius 2 is 1.19 bits per heavy atom. The first-order valence-electron chi connectivity index (χ1n) is 21.4. The SMILES string of the molecule is C=C/C=C\C1=C(C)C(c2ccccc2-c2ccccc2-n2c3ccccc3c3cc4c(cc32)oc2ccccc24)c2c1cccc2-c1nnc(-c2ccccc2)n1-c1ccccc1. The molecule has 63 heavy (non-hydrogen) atoms. The monoisotopic (exact) mass is 808 g/mol. The predicted molar refractivity (Wildman–Crippen MR) is 259 cm³/mol. The molecule has 1 unspecified atom stereocenters. The van der Waals surface area contributed by atoms with Crippen molar-refractivity contribution in [1.29, 1.82) is 0 Å². The summed E-state index contributed by atoms with van der Waals surface area (Å²) in [6.45, 7) is 6.32. The van der Waals surface area contributed by atoms with Crippen LogP contribution in [-0.2, 0) is 0 Å². The maximum absolute atomic E-state index is 6.50. The fourth-order valence-corrected chi connectivity index (χ4v) is 10.1. The number of fused-ring (bicyclic) bond motifs is 7. The highest BCUT2D eigenvalue weighted by atomic mass is 16.3. The van der Waals surface area contributed by atoms with E-state index in [9.17, 15) is 0 Å². The van der Waals surface area contributed by atoms with E-state index in [0.29, 0.717) is 0 Å². The number of furan rings is 1. The van der Waals surface area contributed by atoms with Crippen molar-refractivity contribution in [3.63, 3.8) is 0 Å². The van der Waals surface area contributed by atoms with Crippen LogP contribution in [0, 0.1) is 0 Å². The first-order valence-corrected chi connectivity index (χ1v) is 21.4. The van der Waals surface area contributed by atoms with Crippen molar-refractivity contribution in [1.82, 2.24) is 19.3 Å². The van der Waals surface area contributed by atoms with Crippen LogP contribution < -0.4 is 0 Å². The van der Waals surface area contributed by atoms with Gasteiger partial charge in [0, 0.05) is 55.9 Å². The lowest BCUT2D eigenvalue weighted by molar-refractivity contribution is 0.669. The largest absolute Gasteiger partial charge is 0.456 e. The summed E-state index contributed by atoms with van der Waals surface area (Å²) in [5, 5.41) is 14.6. The van der Waals surface area contributed by atoms with Gasteiger partial charge in [0.2, 0.25) is 0 Å². The maximum Gasteiger partial charge on any atom is 0.169 e. The molecular formula is C58H40N4O. The van der Waals surface area contributed by atoms with E-state index in [0.717, 1.165) is 78.2 Å². The number of benzene rings is 8. The lowest BCUT2D eigenvalue weighted by Gasteiger charge is -2.23. The average molecular weight is 809 g/mol. The molecule has 0 N–H and O–H groups in total. The van der Waals surface area contributed by atoms with Gasteiger partial charge < -0.3 is 8.98 Å². The van der Waals surface area contributed by atoms with Gasteiger partial charge in [0.15, 0.2) is 11.6 Å². The lowest BCUT2D eigenvalue weighted by atomic mass is 9.82. The lowest BCUT2D eigenvalue weighted by Crippen LogP contribution is -2.07. The van der Waals surface area contributed by atoms with Gasteiger partial charge in [-0.05, 0) is 71.1 Å². The Balaban J connectivity index is 1.10. The summed E-state index contributed by atoms with van der Waals surface area (Å²) in [7, 11) is 0. The van der Waals surface area contributed by atoms with E-state index in [-0.39, 0.29) is 5.92 Å². The van der Waals surface area contributed by atoms with Gasteiger partial charge in [-0.25, -0.2) is 0 Å². The average Bonchev–Trinajstić information content (AvgIpc) is 4.10. The zero-order valence-corrected chi connectivity index (χ0v) is 34.6. The number of rotatable bonds is 8. The zero-order valence-electron chi connectivity index (χ0n) is 34.6. The second-order valence-corrected chi connectivity index (χ2v) is 16.2. The van der Waals surface area contributed by atoms with E-state index in [1.165, 1.54) is 38.6 Å². The van der Waals surface area contributed by atoms with Crippen LogP contribution in [0.3, 0.4) is 0 Å². The molecular weight excluding hydrogens is 769 g/mol. The van der Waals surface area contributed by atoms with Gasteiger partial charge in [0.1, 0.15) is 11.2 Å². The van der Waals surface area contributed by atoms with Crippen LogP contribution in [0.15, 0.2) is 223 Å². The fourth-order valence-electron chi connectivity index (χ4n) is 10.1. The van der Waals surface area contributed by atoms with Crippen molar-refractivity contribution in [3.8, 4) is 45.3 Å². The summed E-state index contributed by atoms with van der Waals surface area (Å²) >= 11 is 0. The van der Waals surface area contributed by atoms with Gasteiger partial charge in [-0.1, -0.05) is 176 Å². The number of nitrogens with zero attached hydrogens (tertiary/aromatic N) is 4. The molecule has 298 valence electrons. The van der Waals surface area contributed by atoms with Crippen molar-refractivity contribution in [2.24, 2.45) is 0 Å². The Labute approximate surface area is 364 Å². The molecule has 12 rings (SSSR count). The third-order valence-electron chi connectivity index (χ3n) is 12.8. The molecule has 3 aromatic heterocycles. The van der Waals surface area contributed by atoms with Gasteiger partial charge in [-0.2, -0.15) is 0 Å². The molecule has 0 saturated carbocycles. The molecule has 1 atom stereocenters. The summed E-state index contributed by atoms with van der Waals surface area (Å²) in [5.74, 6) is 1.49. The van der Waals surface area contributed by atoms with E-state index >= 15 is 0 Å². The third-order valence-corrected chi connectivity index (χ3v) is 12.8. The van der Waals surface area contributed by atoms with Crippen molar-refractivity contribution in [2.75, 3.05) is 0 Å². The number of aromatic nitrogens is 4. The summed E-state index contributed by atoms with van der Waals surface area (Å²) in [4.78, 5) is 0. The predicted octanol–water partition coefficient (Wildman–Crippen LogP) is 14.9. The molecule has 11 aromatic rings. The van der Waals surface area contributed by atoms with Crippen LogP contribution in [-0.4, -0.2) is 19.3 Å². The summed E-state index contributed by atoms with van der Waals surface area (Å²) in [6, 6.07) is 66.7. The van der Waals surface area contributed by atoms with Crippen LogP contribution in [0.2, 0.25) is 0 Å². The Hall–Kier alpha value is -8.28. The minimum atomic E-state index is -0.0978. The van der Waals surface area contributed by atoms with E-state index < -0.39 is 0 Å². The van der Waals surface area contributed by atoms with Crippen LogP contribution in [0.4, 0.5) is 0 Å². The number of hydrogen-bond donors (Lipinski definition) is 0. The highest BCUT2D eigenvalue weighted by Crippen LogP contribution is 2.52. The van der Waals surface area contributed by atoms with Gasteiger partial charge in [0.05, 0.1) is 16.7 Å². The van der Waals surface area contributed by atoms with Gasteiger partial charge in [-0.15, -0.1) is 10.2 Å². The quantitative estimate of drug-likeness (QED) is 0.144. The van der Waals surface area contributed by atoms with E-state index in [1.54, 1.807) is 0 Å². The molecule has 3 heterocycles. The van der Waals surface area contributed by atoms with Crippen molar-refractivity contribution in [2.45, 2.75) is 12.8 Å². The number of hydrogen-bond acceptors (Lipinski definition) is 3. The fraction of sp³-hybridized carbons (Fsp3) is 0.0345. The molecule has 1 aliphatic rings. The summed E-state index contributed by atoms with van der Waals surface area (Å²) < 4.78 is 11.1. The number of para-hydroxylation sites is 4. The van der Waals surface area contributed by atoms with Crippen molar-refractivity contribution in [3.05, 3.63) is 235 Å². The Morgan fingerprint density at radius 1 is 0.524 bits per heavy atom. The van der Waals surface area contributed by atoms with Crippen LogP contribution >= 0.6 is 0 Å². The van der Waals surface area contributed by atoms with E-state index in [2.05, 4.69) is 180 Å². The van der Waals surface area contributed by atoms with Crippen LogP contribution in [0.25, 0.3) is 94.6 Å². The molecule has 0 bridgehead atoms.